The summed E-state index contributed by atoms with van der Waals surface area (Å²) in [6.45, 7) is 4.63. The van der Waals surface area contributed by atoms with Crippen molar-refractivity contribution in [3.8, 4) is 56.4 Å². The quantitative estimate of drug-likeness (QED) is 0.162. The van der Waals surface area contributed by atoms with E-state index in [1.165, 1.54) is 96.7 Å². The van der Waals surface area contributed by atoms with Gasteiger partial charge in [0.25, 0.3) is 0 Å². The molecule has 0 atom stereocenters. The number of aromatic nitrogens is 3. The summed E-state index contributed by atoms with van der Waals surface area (Å²) in [5.74, 6) is 2.01. The summed E-state index contributed by atoms with van der Waals surface area (Å²) < 4.78 is 2.66. The van der Waals surface area contributed by atoms with E-state index in [1.807, 2.05) is 29.5 Å². The highest BCUT2D eigenvalue weighted by molar-refractivity contribution is 7.17. The molecule has 302 valence electrons. The molecule has 2 aromatic heterocycles. The molecule has 0 amide bonds. The molecule has 0 aliphatic heterocycles. The van der Waals surface area contributed by atoms with Gasteiger partial charge in [-0.2, -0.15) is 0 Å². The summed E-state index contributed by atoms with van der Waals surface area (Å²) in [4.78, 5) is 15.6. The fraction of sp³-hybridized carbons (Fsp3) is 0.0833. The molecule has 13 rings (SSSR count). The van der Waals surface area contributed by atoms with Crippen molar-refractivity contribution in [2.45, 2.75) is 32.1 Å². The summed E-state index contributed by atoms with van der Waals surface area (Å²) in [6, 6.07) is 66.4. The van der Waals surface area contributed by atoms with E-state index in [0.717, 1.165) is 29.5 Å². The minimum atomic E-state index is -0.0738. The molecule has 0 unspecified atom stereocenters. The van der Waals surface area contributed by atoms with Crippen LogP contribution in [0, 0.1) is 0 Å². The van der Waals surface area contributed by atoms with Crippen molar-refractivity contribution in [3.63, 3.8) is 0 Å². The van der Waals surface area contributed by atoms with E-state index in [2.05, 4.69) is 184 Å². The summed E-state index contributed by atoms with van der Waals surface area (Å²) in [5, 5.41) is 10.4. The van der Waals surface area contributed by atoms with Crippen LogP contribution in [-0.4, -0.2) is 15.0 Å². The van der Waals surface area contributed by atoms with Gasteiger partial charge >= 0.3 is 0 Å². The lowest BCUT2D eigenvalue weighted by molar-refractivity contribution is 0.660. The standard InChI is InChI=1S/C60H41N3S/c1-60(2)52-24-11-10-22-48(52)50-35-41(27-30-53(50)60)59-62-57(36-14-4-3-5-15-36)61-58(63-59)40-17-12-16-39(32-40)42-23-13-25-55-56(42)51-34-38(28-31-54(51)64-55)37-26-29-47-45-20-7-6-18-43(45)44-19-8-9-21-46(44)49(47)33-37/h3-12,14-22,24-35H,13,23H2,1-2H3. The number of benzene rings is 9. The molecule has 0 radical (unpaired) electrons. The minimum absolute atomic E-state index is 0.0738. The number of thiophene rings is 1. The van der Waals surface area contributed by atoms with Crippen LogP contribution in [-0.2, 0) is 5.41 Å². The highest BCUT2D eigenvalue weighted by Gasteiger charge is 2.35. The Morgan fingerprint density at radius 2 is 0.953 bits per heavy atom. The first kappa shape index (κ1) is 37.1. The van der Waals surface area contributed by atoms with Crippen molar-refractivity contribution in [3.05, 3.63) is 208 Å². The minimum Gasteiger partial charge on any atom is -0.208 e. The molecular weight excluding hydrogens is 795 g/mol. The van der Waals surface area contributed by atoms with Gasteiger partial charge in [-0.3, -0.25) is 0 Å². The summed E-state index contributed by atoms with van der Waals surface area (Å²) in [6.07, 6.45) is 4.40. The average Bonchev–Trinajstić information content (AvgIpc) is 3.85. The molecule has 2 aliphatic carbocycles. The van der Waals surface area contributed by atoms with Crippen molar-refractivity contribution < 1.29 is 0 Å². The molecule has 0 spiro atoms. The van der Waals surface area contributed by atoms with E-state index < -0.39 is 0 Å². The highest BCUT2D eigenvalue weighted by atomic mass is 32.1. The number of fused-ring (bicyclic) bond motifs is 12. The highest BCUT2D eigenvalue weighted by Crippen LogP contribution is 2.49. The third-order valence-electron chi connectivity index (χ3n) is 13.8. The smallest absolute Gasteiger partial charge is 0.164 e. The van der Waals surface area contributed by atoms with Crippen LogP contribution in [0.25, 0.3) is 110 Å². The average molecular weight is 836 g/mol. The van der Waals surface area contributed by atoms with Crippen molar-refractivity contribution >= 4 is 65.4 Å². The topological polar surface area (TPSA) is 38.7 Å². The van der Waals surface area contributed by atoms with Crippen LogP contribution in [0.5, 0.6) is 0 Å². The second-order valence-electron chi connectivity index (χ2n) is 17.8. The van der Waals surface area contributed by atoms with E-state index in [-0.39, 0.29) is 5.41 Å². The van der Waals surface area contributed by atoms with E-state index in [0.29, 0.717) is 17.5 Å². The van der Waals surface area contributed by atoms with Crippen molar-refractivity contribution in [2.75, 3.05) is 0 Å². The maximum Gasteiger partial charge on any atom is 0.164 e. The Labute approximate surface area is 375 Å². The van der Waals surface area contributed by atoms with Crippen molar-refractivity contribution in [1.29, 1.82) is 0 Å². The SMILES string of the molecule is CC1(C)c2ccccc2-c2cc(-c3nc(-c4ccccc4)nc(-c4cccc(C5=c6c(sc7ccc(-c8ccc9c%10ccccc%10c%10ccccc%10c9c8)cc67)=CCC5)c4)n3)ccc21. The first-order valence-electron chi connectivity index (χ1n) is 22.2. The van der Waals surface area contributed by atoms with Crippen LogP contribution >= 0.6 is 11.3 Å². The van der Waals surface area contributed by atoms with Gasteiger partial charge in [-0.25, -0.2) is 15.0 Å². The zero-order chi connectivity index (χ0) is 42.5. The van der Waals surface area contributed by atoms with Gasteiger partial charge in [0.15, 0.2) is 17.5 Å². The summed E-state index contributed by atoms with van der Waals surface area (Å²) in [5.41, 5.74) is 13.1. The first-order chi connectivity index (χ1) is 31.5. The predicted octanol–water partition coefficient (Wildman–Crippen LogP) is 14.3. The van der Waals surface area contributed by atoms with Crippen LogP contribution in [0.3, 0.4) is 0 Å². The Morgan fingerprint density at radius 3 is 1.70 bits per heavy atom. The lowest BCUT2D eigenvalue weighted by Gasteiger charge is -2.21. The molecule has 0 saturated heterocycles. The molecule has 9 aromatic carbocycles. The van der Waals surface area contributed by atoms with Gasteiger partial charge in [-0.05, 0) is 120 Å². The Hall–Kier alpha value is -7.53. The van der Waals surface area contributed by atoms with Gasteiger partial charge in [-0.15, -0.1) is 11.3 Å². The molecule has 2 aliphatic rings. The second-order valence-corrected chi connectivity index (χ2v) is 18.9. The molecule has 11 aromatic rings. The number of rotatable bonds is 5. The number of hydrogen-bond acceptors (Lipinski definition) is 4. The first-order valence-corrected chi connectivity index (χ1v) is 23.0. The fourth-order valence-electron chi connectivity index (χ4n) is 10.7. The molecule has 3 nitrogen and oxygen atoms in total. The third-order valence-corrected chi connectivity index (χ3v) is 15.0. The molecule has 0 saturated carbocycles. The zero-order valence-electron chi connectivity index (χ0n) is 35.6. The zero-order valence-corrected chi connectivity index (χ0v) is 36.4. The van der Waals surface area contributed by atoms with Crippen LogP contribution < -0.4 is 9.75 Å². The largest absolute Gasteiger partial charge is 0.208 e. The predicted molar refractivity (Wildman–Crippen MR) is 269 cm³/mol. The van der Waals surface area contributed by atoms with Crippen LogP contribution in [0.15, 0.2) is 182 Å². The monoisotopic (exact) mass is 835 g/mol. The molecule has 2 heterocycles. The number of hydrogen-bond donors (Lipinski definition) is 0. The summed E-state index contributed by atoms with van der Waals surface area (Å²) in [7, 11) is 0. The lowest BCUT2D eigenvalue weighted by atomic mass is 9.82. The Kier molecular flexibility index (Phi) is 8.25. The van der Waals surface area contributed by atoms with Crippen LogP contribution in [0.2, 0.25) is 0 Å². The van der Waals surface area contributed by atoms with Crippen molar-refractivity contribution in [1.82, 2.24) is 15.0 Å². The molecular formula is C60H41N3S. The third kappa shape index (κ3) is 5.76. The van der Waals surface area contributed by atoms with E-state index in [1.54, 1.807) is 0 Å². The van der Waals surface area contributed by atoms with E-state index in [4.69, 9.17) is 15.0 Å². The molecule has 4 heteroatoms. The van der Waals surface area contributed by atoms with Gasteiger partial charge < -0.3 is 0 Å². The molecule has 0 fully saturated rings. The lowest BCUT2D eigenvalue weighted by Crippen LogP contribution is -2.25. The normalized spacial score (nSPS) is 13.9. The second kappa shape index (κ2) is 14.2. The Morgan fingerprint density at radius 1 is 0.406 bits per heavy atom. The van der Waals surface area contributed by atoms with E-state index in [9.17, 15) is 0 Å². The number of nitrogens with zero attached hydrogens (tertiary/aromatic N) is 3. The Balaban J connectivity index is 0.947. The molecule has 0 N–H and O–H groups in total. The maximum atomic E-state index is 5.25. The van der Waals surface area contributed by atoms with Gasteiger partial charge in [0.2, 0.25) is 0 Å². The molecule has 64 heavy (non-hydrogen) atoms. The van der Waals surface area contributed by atoms with Gasteiger partial charge in [0.05, 0.1) is 0 Å². The van der Waals surface area contributed by atoms with Gasteiger partial charge in [0.1, 0.15) is 0 Å². The summed E-state index contributed by atoms with van der Waals surface area (Å²) >= 11 is 1.90. The van der Waals surface area contributed by atoms with Crippen LogP contribution in [0.1, 0.15) is 43.4 Å². The fourth-order valence-corrected chi connectivity index (χ4v) is 11.8. The molecule has 0 bridgehead atoms. The van der Waals surface area contributed by atoms with Crippen molar-refractivity contribution in [2.24, 2.45) is 0 Å². The van der Waals surface area contributed by atoms with Crippen LogP contribution in [0.4, 0.5) is 0 Å². The Bertz CT molecular complexity index is 3840. The van der Waals surface area contributed by atoms with E-state index >= 15 is 0 Å². The maximum absolute atomic E-state index is 5.25. The van der Waals surface area contributed by atoms with Gasteiger partial charge in [0, 0.05) is 41.9 Å². The van der Waals surface area contributed by atoms with Gasteiger partial charge in [-0.1, -0.05) is 172 Å².